The van der Waals surface area contributed by atoms with Crippen LogP contribution in [0, 0.1) is 0 Å². The van der Waals surface area contributed by atoms with Gasteiger partial charge in [0.1, 0.15) is 5.82 Å². The van der Waals surface area contributed by atoms with Crippen LogP contribution < -0.4 is 16.2 Å². The van der Waals surface area contributed by atoms with Gasteiger partial charge in [-0.1, -0.05) is 19.1 Å². The summed E-state index contributed by atoms with van der Waals surface area (Å²) in [7, 11) is 0. The number of hydrogen-bond donors (Lipinski definition) is 2. The Balaban J connectivity index is 2.35. The second kappa shape index (κ2) is 4.81. The summed E-state index contributed by atoms with van der Waals surface area (Å²) in [6.45, 7) is 2.15. The molecule has 1 unspecified atom stereocenters. The fourth-order valence-corrected chi connectivity index (χ4v) is 1.88. The third-order valence-corrected chi connectivity index (χ3v) is 2.67. The molecule has 2 heterocycles. The number of allylic oxidation sites excluding steroid dienone is 2. The summed E-state index contributed by atoms with van der Waals surface area (Å²) in [5.74, 6) is 6.42. The fourth-order valence-electron chi connectivity index (χ4n) is 1.88. The van der Waals surface area contributed by atoms with E-state index in [1.165, 1.54) is 0 Å². The number of aromatic nitrogens is 1. The van der Waals surface area contributed by atoms with E-state index in [4.69, 9.17) is 5.84 Å². The molecule has 1 aliphatic rings. The molecular formula is C12H16N4. The zero-order valence-corrected chi connectivity index (χ0v) is 9.30. The molecule has 16 heavy (non-hydrogen) atoms. The molecule has 84 valence electrons. The first-order valence-electron chi connectivity index (χ1n) is 5.41. The van der Waals surface area contributed by atoms with Crippen molar-refractivity contribution in [3.8, 4) is 0 Å². The molecule has 1 aromatic heterocycles. The molecule has 0 aromatic carbocycles. The van der Waals surface area contributed by atoms with Crippen molar-refractivity contribution in [1.82, 2.24) is 10.4 Å². The summed E-state index contributed by atoms with van der Waals surface area (Å²) in [6.07, 6.45) is 10.8. The molecule has 0 saturated heterocycles. The van der Waals surface area contributed by atoms with Crippen molar-refractivity contribution >= 4 is 5.69 Å². The molecule has 3 N–H and O–H groups in total. The number of nitrogens with two attached hydrogens (primary N) is 1. The van der Waals surface area contributed by atoms with Gasteiger partial charge in [-0.15, -0.1) is 0 Å². The van der Waals surface area contributed by atoms with E-state index in [9.17, 15) is 0 Å². The maximum atomic E-state index is 5.53. The zero-order valence-electron chi connectivity index (χ0n) is 9.30. The minimum absolute atomic E-state index is 0.320. The average molecular weight is 216 g/mol. The van der Waals surface area contributed by atoms with E-state index in [0.29, 0.717) is 6.04 Å². The predicted octanol–water partition coefficient (Wildman–Crippen LogP) is 1.54. The largest absolute Gasteiger partial charge is 0.319 e. The highest BCUT2D eigenvalue weighted by atomic mass is 15.4. The highest BCUT2D eigenvalue weighted by Crippen LogP contribution is 2.24. The van der Waals surface area contributed by atoms with Gasteiger partial charge in [-0.2, -0.15) is 0 Å². The Kier molecular flexibility index (Phi) is 3.22. The van der Waals surface area contributed by atoms with Crippen LogP contribution in [-0.2, 0) is 0 Å². The van der Waals surface area contributed by atoms with Gasteiger partial charge in [0.05, 0.1) is 17.9 Å². The van der Waals surface area contributed by atoms with Gasteiger partial charge < -0.3 is 10.3 Å². The van der Waals surface area contributed by atoms with Crippen molar-refractivity contribution in [2.75, 3.05) is 4.90 Å². The van der Waals surface area contributed by atoms with Crippen molar-refractivity contribution in [3.05, 3.63) is 48.6 Å². The van der Waals surface area contributed by atoms with Crippen LogP contribution in [0.2, 0.25) is 0 Å². The van der Waals surface area contributed by atoms with Crippen LogP contribution in [0.1, 0.15) is 13.3 Å². The Labute approximate surface area is 95.4 Å². The monoisotopic (exact) mass is 216 g/mol. The molecule has 1 aromatic rings. The molecule has 0 spiro atoms. The van der Waals surface area contributed by atoms with Crippen molar-refractivity contribution < 1.29 is 0 Å². The number of nitrogens with one attached hydrogen (secondary N) is 1. The Bertz CT molecular complexity index is 397. The number of hydrazine groups is 1. The van der Waals surface area contributed by atoms with E-state index in [2.05, 4.69) is 28.3 Å². The summed E-state index contributed by atoms with van der Waals surface area (Å²) >= 11 is 0. The summed E-state index contributed by atoms with van der Waals surface area (Å²) in [6, 6.07) is 4.27. The van der Waals surface area contributed by atoms with Crippen LogP contribution in [0.15, 0.2) is 48.6 Å². The van der Waals surface area contributed by atoms with E-state index in [-0.39, 0.29) is 0 Å². The number of pyridine rings is 1. The maximum absolute atomic E-state index is 5.53. The van der Waals surface area contributed by atoms with E-state index in [1.807, 2.05) is 30.5 Å². The average Bonchev–Trinajstić information content (AvgIpc) is 2.38. The van der Waals surface area contributed by atoms with Crippen molar-refractivity contribution in [1.29, 1.82) is 0 Å². The predicted molar refractivity (Wildman–Crippen MR) is 65.3 cm³/mol. The van der Waals surface area contributed by atoms with E-state index < -0.39 is 0 Å². The van der Waals surface area contributed by atoms with E-state index in [0.717, 1.165) is 17.9 Å². The highest BCUT2D eigenvalue weighted by Gasteiger charge is 2.20. The Hall–Kier alpha value is -1.81. The van der Waals surface area contributed by atoms with E-state index in [1.54, 1.807) is 6.20 Å². The molecule has 0 radical (unpaired) electrons. The van der Waals surface area contributed by atoms with E-state index >= 15 is 0 Å². The first-order chi connectivity index (χ1) is 7.86. The van der Waals surface area contributed by atoms with Crippen molar-refractivity contribution in [2.24, 2.45) is 5.84 Å². The molecule has 0 amide bonds. The molecular weight excluding hydrogens is 200 g/mol. The van der Waals surface area contributed by atoms with Gasteiger partial charge >= 0.3 is 0 Å². The lowest BCUT2D eigenvalue weighted by molar-refractivity contribution is 0.667. The molecule has 0 bridgehead atoms. The van der Waals surface area contributed by atoms with Crippen molar-refractivity contribution in [3.63, 3.8) is 0 Å². The lowest BCUT2D eigenvalue weighted by Gasteiger charge is -2.34. The van der Waals surface area contributed by atoms with Gasteiger partial charge in [0.15, 0.2) is 0 Å². The second-order valence-electron chi connectivity index (χ2n) is 3.64. The molecule has 1 atom stereocenters. The number of hydrogen-bond acceptors (Lipinski definition) is 4. The summed E-state index contributed by atoms with van der Waals surface area (Å²) < 4.78 is 0. The van der Waals surface area contributed by atoms with Gasteiger partial charge in [0.2, 0.25) is 0 Å². The third-order valence-electron chi connectivity index (χ3n) is 2.67. The molecule has 4 heteroatoms. The zero-order chi connectivity index (χ0) is 11.4. The number of anilines is 1. The quantitative estimate of drug-likeness (QED) is 0.594. The standard InChI is InChI=1S/C12H16N4/c1-2-10-5-3-7-12(15-13)16(10)11-6-4-8-14-9-11/h3-10,15H,2,13H2,1H3. The SMILES string of the molecule is CCC1C=CC=C(NN)N1c1cccnc1. The first-order valence-corrected chi connectivity index (χ1v) is 5.41. The first kappa shape index (κ1) is 10.7. The topological polar surface area (TPSA) is 54.2 Å². The molecule has 4 nitrogen and oxygen atoms in total. The van der Waals surface area contributed by atoms with Gasteiger partial charge in [0.25, 0.3) is 0 Å². The Morgan fingerprint density at radius 3 is 3.06 bits per heavy atom. The van der Waals surface area contributed by atoms with Crippen LogP contribution in [0.3, 0.4) is 0 Å². The summed E-state index contributed by atoms with van der Waals surface area (Å²) in [5.41, 5.74) is 3.77. The lowest BCUT2D eigenvalue weighted by atomic mass is 10.1. The molecule has 1 aliphatic heterocycles. The fraction of sp³-hybridized carbons (Fsp3) is 0.250. The third kappa shape index (κ3) is 1.92. The Morgan fingerprint density at radius 1 is 1.56 bits per heavy atom. The molecule has 0 fully saturated rings. The van der Waals surface area contributed by atoms with Gasteiger partial charge in [-0.3, -0.25) is 4.98 Å². The molecule has 0 saturated carbocycles. The smallest absolute Gasteiger partial charge is 0.121 e. The molecule has 0 aliphatic carbocycles. The lowest BCUT2D eigenvalue weighted by Crippen LogP contribution is -2.42. The van der Waals surface area contributed by atoms with Crippen molar-refractivity contribution in [2.45, 2.75) is 19.4 Å². The highest BCUT2D eigenvalue weighted by molar-refractivity contribution is 5.54. The van der Waals surface area contributed by atoms with Crippen LogP contribution in [0.4, 0.5) is 5.69 Å². The maximum Gasteiger partial charge on any atom is 0.121 e. The van der Waals surface area contributed by atoms with Gasteiger partial charge in [0, 0.05) is 6.20 Å². The summed E-state index contributed by atoms with van der Waals surface area (Å²) in [4.78, 5) is 6.28. The second-order valence-corrected chi connectivity index (χ2v) is 3.64. The minimum Gasteiger partial charge on any atom is -0.319 e. The van der Waals surface area contributed by atoms with Crippen LogP contribution >= 0.6 is 0 Å². The number of nitrogens with zero attached hydrogens (tertiary/aromatic N) is 2. The van der Waals surface area contributed by atoms with Crippen LogP contribution in [-0.4, -0.2) is 11.0 Å². The normalized spacial score (nSPS) is 19.5. The van der Waals surface area contributed by atoms with Gasteiger partial charge in [-0.05, 0) is 24.6 Å². The number of rotatable bonds is 3. The Morgan fingerprint density at radius 2 is 2.44 bits per heavy atom. The molecule has 2 rings (SSSR count). The van der Waals surface area contributed by atoms with Crippen LogP contribution in [0.5, 0.6) is 0 Å². The minimum atomic E-state index is 0.320. The summed E-state index contributed by atoms with van der Waals surface area (Å²) in [5, 5.41) is 0. The van der Waals surface area contributed by atoms with Crippen LogP contribution in [0.25, 0.3) is 0 Å². The van der Waals surface area contributed by atoms with Gasteiger partial charge in [-0.25, -0.2) is 5.84 Å².